The Kier molecular flexibility index (Phi) is 3.32. The van der Waals surface area contributed by atoms with Crippen LogP contribution in [0.4, 0.5) is 0 Å². The zero-order valence-electron chi connectivity index (χ0n) is 12.2. The van der Waals surface area contributed by atoms with Crippen LogP contribution < -0.4 is 0 Å². The van der Waals surface area contributed by atoms with E-state index in [0.717, 1.165) is 24.0 Å². The molecule has 3 rings (SSSR count). The minimum absolute atomic E-state index is 0.207. The molecule has 1 unspecified atom stereocenters. The Morgan fingerprint density at radius 1 is 1.14 bits per heavy atom. The lowest BCUT2D eigenvalue weighted by molar-refractivity contribution is -0.165. The van der Waals surface area contributed by atoms with Gasteiger partial charge in [-0.05, 0) is 41.9 Å². The van der Waals surface area contributed by atoms with Crippen molar-refractivity contribution in [1.29, 1.82) is 0 Å². The lowest BCUT2D eigenvalue weighted by atomic mass is 9.75. The van der Waals surface area contributed by atoms with Crippen molar-refractivity contribution < 1.29 is 19.1 Å². The number of rotatable bonds is 2. The number of methoxy groups -OCH3 is 2. The summed E-state index contributed by atoms with van der Waals surface area (Å²) in [6.07, 6.45) is 4.09. The third-order valence-corrected chi connectivity index (χ3v) is 4.70. The lowest BCUT2D eigenvalue weighted by Gasteiger charge is -2.29. The molecule has 0 spiro atoms. The SMILES string of the molecule is COC(=O)C1(C(=O)OC)CCC2Cc3ccccc3C=C21. The molecule has 0 bridgehead atoms. The average Bonchev–Trinajstić information content (AvgIpc) is 2.90. The summed E-state index contributed by atoms with van der Waals surface area (Å²) in [5.74, 6) is -0.817. The highest BCUT2D eigenvalue weighted by molar-refractivity contribution is 6.05. The molecule has 4 nitrogen and oxygen atoms in total. The van der Waals surface area contributed by atoms with Crippen LogP contribution in [-0.4, -0.2) is 26.2 Å². The van der Waals surface area contributed by atoms with Crippen LogP contribution in [0.3, 0.4) is 0 Å². The van der Waals surface area contributed by atoms with E-state index in [4.69, 9.17) is 9.47 Å². The normalized spacial score (nSPS) is 21.8. The van der Waals surface area contributed by atoms with E-state index >= 15 is 0 Å². The van der Waals surface area contributed by atoms with Gasteiger partial charge in [-0.25, -0.2) is 0 Å². The third kappa shape index (κ3) is 1.89. The molecule has 0 aromatic heterocycles. The average molecular weight is 286 g/mol. The van der Waals surface area contributed by atoms with Crippen LogP contribution >= 0.6 is 0 Å². The molecule has 1 atom stereocenters. The van der Waals surface area contributed by atoms with E-state index in [0.29, 0.717) is 6.42 Å². The summed E-state index contributed by atoms with van der Waals surface area (Å²) in [6, 6.07) is 8.08. The van der Waals surface area contributed by atoms with E-state index in [-0.39, 0.29) is 5.92 Å². The largest absolute Gasteiger partial charge is 0.468 e. The van der Waals surface area contributed by atoms with Crippen LogP contribution in [-0.2, 0) is 25.5 Å². The standard InChI is InChI=1S/C17H18O4/c1-20-15(18)17(16(19)21-2)8-7-13-9-11-5-3-4-6-12(11)10-14(13)17/h3-6,10,13H,7-9H2,1-2H3. The first-order valence-electron chi connectivity index (χ1n) is 7.10. The molecule has 0 heterocycles. The number of esters is 2. The Balaban J connectivity index is 2.14. The number of ether oxygens (including phenoxy) is 2. The first kappa shape index (κ1) is 13.9. The summed E-state index contributed by atoms with van der Waals surface area (Å²) in [7, 11) is 2.63. The fourth-order valence-corrected chi connectivity index (χ4v) is 3.66. The van der Waals surface area contributed by atoms with Crippen molar-refractivity contribution >= 4 is 18.0 Å². The minimum Gasteiger partial charge on any atom is -0.468 e. The van der Waals surface area contributed by atoms with Crippen LogP contribution in [0.2, 0.25) is 0 Å². The number of fused-ring (bicyclic) bond motifs is 2. The Bertz CT molecular complexity index is 613. The van der Waals surface area contributed by atoms with Gasteiger partial charge < -0.3 is 9.47 Å². The second-order valence-corrected chi connectivity index (χ2v) is 5.63. The summed E-state index contributed by atoms with van der Waals surface area (Å²) < 4.78 is 9.83. The topological polar surface area (TPSA) is 52.6 Å². The van der Waals surface area contributed by atoms with Gasteiger partial charge in [-0.15, -0.1) is 0 Å². The molecular weight excluding hydrogens is 268 g/mol. The Morgan fingerprint density at radius 2 is 1.81 bits per heavy atom. The van der Waals surface area contributed by atoms with Crippen molar-refractivity contribution in [3.63, 3.8) is 0 Å². The summed E-state index contributed by atoms with van der Waals surface area (Å²) in [4.78, 5) is 24.7. The molecule has 1 saturated carbocycles. The summed E-state index contributed by atoms with van der Waals surface area (Å²) >= 11 is 0. The summed E-state index contributed by atoms with van der Waals surface area (Å²) in [5, 5.41) is 0. The van der Waals surface area contributed by atoms with Gasteiger partial charge in [-0.3, -0.25) is 9.59 Å². The predicted molar refractivity (Wildman–Crippen MR) is 77.3 cm³/mol. The maximum atomic E-state index is 12.3. The van der Waals surface area contributed by atoms with Crippen molar-refractivity contribution in [2.45, 2.75) is 19.3 Å². The first-order chi connectivity index (χ1) is 10.1. The van der Waals surface area contributed by atoms with Crippen molar-refractivity contribution in [2.24, 2.45) is 11.3 Å². The second-order valence-electron chi connectivity index (χ2n) is 5.63. The van der Waals surface area contributed by atoms with E-state index in [1.807, 2.05) is 24.3 Å². The fourth-order valence-electron chi connectivity index (χ4n) is 3.66. The van der Waals surface area contributed by atoms with Crippen molar-refractivity contribution in [1.82, 2.24) is 0 Å². The second kappa shape index (κ2) is 5.02. The van der Waals surface area contributed by atoms with Crippen LogP contribution in [0, 0.1) is 11.3 Å². The van der Waals surface area contributed by atoms with Gasteiger partial charge >= 0.3 is 11.9 Å². The zero-order valence-corrected chi connectivity index (χ0v) is 12.2. The van der Waals surface area contributed by atoms with E-state index in [9.17, 15) is 9.59 Å². The van der Waals surface area contributed by atoms with Crippen LogP contribution in [0.5, 0.6) is 0 Å². The van der Waals surface area contributed by atoms with Gasteiger partial charge in [0.15, 0.2) is 5.41 Å². The molecule has 1 aromatic rings. The Labute approximate surface area is 123 Å². The summed E-state index contributed by atoms with van der Waals surface area (Å²) in [6.45, 7) is 0. The monoisotopic (exact) mass is 286 g/mol. The predicted octanol–water partition coefficient (Wildman–Crippen LogP) is 2.37. The van der Waals surface area contributed by atoms with Gasteiger partial charge in [0, 0.05) is 0 Å². The van der Waals surface area contributed by atoms with Gasteiger partial charge in [-0.2, -0.15) is 0 Å². The van der Waals surface area contributed by atoms with E-state index in [1.54, 1.807) is 0 Å². The Hall–Kier alpha value is -2.10. The molecule has 1 fully saturated rings. The van der Waals surface area contributed by atoms with E-state index in [1.165, 1.54) is 19.8 Å². The number of carbonyl (C=O) groups excluding carboxylic acids is 2. The molecule has 4 heteroatoms. The number of benzene rings is 1. The van der Waals surface area contributed by atoms with Crippen LogP contribution in [0.15, 0.2) is 29.8 Å². The van der Waals surface area contributed by atoms with Crippen LogP contribution in [0.25, 0.3) is 6.08 Å². The fraction of sp³-hybridized carbons (Fsp3) is 0.412. The molecule has 0 radical (unpaired) electrons. The molecule has 0 amide bonds. The van der Waals surface area contributed by atoms with Crippen molar-refractivity contribution in [3.05, 3.63) is 41.0 Å². The molecule has 2 aliphatic rings. The maximum absolute atomic E-state index is 12.3. The van der Waals surface area contributed by atoms with Gasteiger partial charge in [0.25, 0.3) is 0 Å². The molecular formula is C17H18O4. The van der Waals surface area contributed by atoms with Gasteiger partial charge in [0.1, 0.15) is 0 Å². The smallest absolute Gasteiger partial charge is 0.327 e. The van der Waals surface area contributed by atoms with Gasteiger partial charge in [0.05, 0.1) is 14.2 Å². The van der Waals surface area contributed by atoms with Crippen molar-refractivity contribution in [2.75, 3.05) is 14.2 Å². The lowest BCUT2D eigenvalue weighted by Crippen LogP contribution is -2.41. The summed E-state index contributed by atoms with van der Waals surface area (Å²) in [5.41, 5.74) is 1.92. The number of hydrogen-bond donors (Lipinski definition) is 0. The molecule has 0 N–H and O–H groups in total. The quantitative estimate of drug-likeness (QED) is 0.618. The molecule has 0 aliphatic heterocycles. The van der Waals surface area contributed by atoms with Gasteiger partial charge in [-0.1, -0.05) is 30.3 Å². The highest BCUT2D eigenvalue weighted by atomic mass is 16.5. The highest BCUT2D eigenvalue weighted by Crippen LogP contribution is 2.52. The van der Waals surface area contributed by atoms with Crippen molar-refractivity contribution in [3.8, 4) is 0 Å². The zero-order chi connectivity index (χ0) is 15.0. The molecule has 0 saturated heterocycles. The number of carbonyl (C=O) groups is 2. The Morgan fingerprint density at radius 3 is 2.48 bits per heavy atom. The molecule has 1 aromatic carbocycles. The molecule has 2 aliphatic carbocycles. The molecule has 110 valence electrons. The minimum atomic E-state index is -1.26. The van der Waals surface area contributed by atoms with E-state index < -0.39 is 17.4 Å². The highest BCUT2D eigenvalue weighted by Gasteiger charge is 2.57. The van der Waals surface area contributed by atoms with Gasteiger partial charge in [0.2, 0.25) is 0 Å². The van der Waals surface area contributed by atoms with E-state index in [2.05, 4.69) is 6.07 Å². The van der Waals surface area contributed by atoms with Crippen LogP contribution in [0.1, 0.15) is 24.0 Å². The third-order valence-electron chi connectivity index (χ3n) is 4.70. The first-order valence-corrected chi connectivity index (χ1v) is 7.10. The maximum Gasteiger partial charge on any atom is 0.327 e. The number of hydrogen-bond acceptors (Lipinski definition) is 4. The molecule has 21 heavy (non-hydrogen) atoms.